The quantitative estimate of drug-likeness (QED) is 0.796. The zero-order chi connectivity index (χ0) is 15.1. The lowest BCUT2D eigenvalue weighted by Gasteiger charge is -2.17. The van der Waals surface area contributed by atoms with Crippen LogP contribution in [0.5, 0.6) is 0 Å². The minimum absolute atomic E-state index is 0.0279. The van der Waals surface area contributed by atoms with Crippen molar-refractivity contribution in [2.75, 3.05) is 4.90 Å². The van der Waals surface area contributed by atoms with Crippen LogP contribution < -0.4 is 4.90 Å². The number of nitrogens with zero attached hydrogens (tertiary/aromatic N) is 1. The van der Waals surface area contributed by atoms with Gasteiger partial charge in [0.05, 0.1) is 17.8 Å². The van der Waals surface area contributed by atoms with Gasteiger partial charge in [-0.25, -0.2) is 8.78 Å². The summed E-state index contributed by atoms with van der Waals surface area (Å²) >= 11 is 0. The fourth-order valence-electron chi connectivity index (χ4n) is 2.49. The number of amides is 1. The third-order valence-corrected chi connectivity index (χ3v) is 3.39. The SMILES string of the molecule is Cc1cc(F)c2c(c1)C(=O)C(=O)N2Cc1cccc(F)c1. The van der Waals surface area contributed by atoms with E-state index in [1.807, 2.05) is 0 Å². The first-order valence-electron chi connectivity index (χ1n) is 6.38. The third-order valence-electron chi connectivity index (χ3n) is 3.39. The Morgan fingerprint density at radius 3 is 2.57 bits per heavy atom. The van der Waals surface area contributed by atoms with Gasteiger partial charge in [0.15, 0.2) is 0 Å². The van der Waals surface area contributed by atoms with Crippen molar-refractivity contribution in [3.8, 4) is 0 Å². The maximum absolute atomic E-state index is 14.1. The molecule has 1 amide bonds. The number of fused-ring (bicyclic) bond motifs is 1. The van der Waals surface area contributed by atoms with E-state index in [0.717, 1.165) is 4.90 Å². The largest absolute Gasteiger partial charge is 0.299 e. The van der Waals surface area contributed by atoms with Gasteiger partial charge in [0, 0.05) is 0 Å². The van der Waals surface area contributed by atoms with Crippen LogP contribution in [0.15, 0.2) is 36.4 Å². The average Bonchev–Trinajstić information content (AvgIpc) is 2.64. The Labute approximate surface area is 119 Å². The van der Waals surface area contributed by atoms with Gasteiger partial charge in [0.25, 0.3) is 11.7 Å². The number of halogens is 2. The smallest absolute Gasteiger partial charge is 0.298 e. The summed E-state index contributed by atoms with van der Waals surface area (Å²) in [4.78, 5) is 25.0. The Balaban J connectivity index is 2.05. The Morgan fingerprint density at radius 2 is 1.86 bits per heavy atom. The first-order chi connectivity index (χ1) is 9.97. The van der Waals surface area contributed by atoms with Crippen molar-refractivity contribution in [3.05, 3.63) is 64.7 Å². The Morgan fingerprint density at radius 1 is 1.10 bits per heavy atom. The second-order valence-electron chi connectivity index (χ2n) is 4.99. The van der Waals surface area contributed by atoms with E-state index < -0.39 is 23.3 Å². The number of Topliss-reactive ketones (excluding diaryl/α,β-unsaturated/α-hetero) is 1. The molecule has 3 rings (SSSR count). The van der Waals surface area contributed by atoms with E-state index in [2.05, 4.69) is 0 Å². The highest BCUT2D eigenvalue weighted by Crippen LogP contribution is 2.33. The fraction of sp³-hybridized carbons (Fsp3) is 0.125. The normalized spacial score (nSPS) is 13.8. The van der Waals surface area contributed by atoms with Crippen molar-refractivity contribution < 1.29 is 18.4 Å². The molecule has 1 aliphatic rings. The number of benzene rings is 2. The molecule has 0 N–H and O–H groups in total. The minimum Gasteiger partial charge on any atom is -0.298 e. The van der Waals surface area contributed by atoms with Crippen LogP contribution in [0.25, 0.3) is 0 Å². The predicted molar refractivity (Wildman–Crippen MR) is 73.1 cm³/mol. The molecular weight excluding hydrogens is 276 g/mol. The molecule has 0 spiro atoms. The molecule has 0 fully saturated rings. The van der Waals surface area contributed by atoms with Crippen molar-refractivity contribution in [2.24, 2.45) is 0 Å². The lowest BCUT2D eigenvalue weighted by atomic mass is 10.1. The van der Waals surface area contributed by atoms with Gasteiger partial charge in [-0.3, -0.25) is 14.5 Å². The zero-order valence-electron chi connectivity index (χ0n) is 11.2. The summed E-state index contributed by atoms with van der Waals surface area (Å²) in [5.41, 5.74) is 1.10. The van der Waals surface area contributed by atoms with Crippen molar-refractivity contribution in [3.63, 3.8) is 0 Å². The second kappa shape index (κ2) is 4.77. The van der Waals surface area contributed by atoms with Crippen molar-refractivity contribution in [1.82, 2.24) is 0 Å². The van der Waals surface area contributed by atoms with Crippen LogP contribution in [0, 0.1) is 18.6 Å². The summed E-state index contributed by atoms with van der Waals surface area (Å²) in [6, 6.07) is 8.40. The zero-order valence-corrected chi connectivity index (χ0v) is 11.2. The van der Waals surface area contributed by atoms with E-state index in [1.54, 1.807) is 13.0 Å². The maximum atomic E-state index is 14.1. The molecule has 0 aliphatic carbocycles. The van der Waals surface area contributed by atoms with Gasteiger partial charge in [0.2, 0.25) is 0 Å². The first-order valence-corrected chi connectivity index (χ1v) is 6.38. The molecule has 0 unspecified atom stereocenters. The van der Waals surface area contributed by atoms with Crippen molar-refractivity contribution in [2.45, 2.75) is 13.5 Å². The van der Waals surface area contributed by atoms with Crippen LogP contribution in [0.3, 0.4) is 0 Å². The lowest BCUT2D eigenvalue weighted by molar-refractivity contribution is -0.114. The highest BCUT2D eigenvalue weighted by molar-refractivity contribution is 6.52. The first kappa shape index (κ1) is 13.4. The van der Waals surface area contributed by atoms with E-state index in [9.17, 15) is 18.4 Å². The van der Waals surface area contributed by atoms with E-state index in [1.165, 1.54) is 30.3 Å². The van der Waals surface area contributed by atoms with E-state index in [-0.39, 0.29) is 17.8 Å². The molecule has 1 aliphatic heterocycles. The molecule has 1 heterocycles. The second-order valence-corrected chi connectivity index (χ2v) is 4.99. The summed E-state index contributed by atoms with van der Waals surface area (Å²) in [5, 5.41) is 0. The number of hydrogen-bond acceptors (Lipinski definition) is 2. The molecule has 106 valence electrons. The molecule has 5 heteroatoms. The van der Waals surface area contributed by atoms with Crippen molar-refractivity contribution in [1.29, 1.82) is 0 Å². The lowest BCUT2D eigenvalue weighted by Crippen LogP contribution is -2.29. The minimum atomic E-state index is -0.793. The van der Waals surface area contributed by atoms with Crippen LogP contribution in [0.4, 0.5) is 14.5 Å². The number of rotatable bonds is 2. The molecular formula is C16H11F2NO2. The van der Waals surface area contributed by atoms with Gasteiger partial charge in [-0.05, 0) is 42.3 Å². The fourth-order valence-corrected chi connectivity index (χ4v) is 2.49. The molecule has 0 saturated carbocycles. The topological polar surface area (TPSA) is 37.4 Å². The number of aryl methyl sites for hydroxylation is 1. The molecule has 0 bridgehead atoms. The standard InChI is InChI=1S/C16H11F2NO2/c1-9-5-12-14(13(18)6-9)19(16(21)15(12)20)8-10-3-2-4-11(17)7-10/h2-7H,8H2,1H3. The Hall–Kier alpha value is -2.56. The number of ketones is 1. The average molecular weight is 287 g/mol. The number of hydrogen-bond donors (Lipinski definition) is 0. The summed E-state index contributed by atoms with van der Waals surface area (Å²) in [7, 11) is 0. The summed E-state index contributed by atoms with van der Waals surface area (Å²) < 4.78 is 27.3. The monoisotopic (exact) mass is 287 g/mol. The van der Waals surface area contributed by atoms with E-state index in [0.29, 0.717) is 11.1 Å². The Bertz CT molecular complexity index is 771. The summed E-state index contributed by atoms with van der Waals surface area (Å²) in [6.45, 7) is 1.60. The maximum Gasteiger partial charge on any atom is 0.299 e. The van der Waals surface area contributed by atoms with Gasteiger partial charge in [-0.1, -0.05) is 12.1 Å². The van der Waals surface area contributed by atoms with Crippen LogP contribution >= 0.6 is 0 Å². The van der Waals surface area contributed by atoms with Gasteiger partial charge < -0.3 is 0 Å². The summed E-state index contributed by atoms with van der Waals surface area (Å²) in [5.74, 6) is -2.60. The van der Waals surface area contributed by atoms with Gasteiger partial charge in [-0.2, -0.15) is 0 Å². The van der Waals surface area contributed by atoms with Crippen molar-refractivity contribution >= 4 is 17.4 Å². The molecule has 0 aromatic heterocycles. The van der Waals surface area contributed by atoms with Crippen LogP contribution in [0.2, 0.25) is 0 Å². The number of anilines is 1. The van der Waals surface area contributed by atoms with E-state index in [4.69, 9.17) is 0 Å². The number of carbonyl (C=O) groups excluding carboxylic acids is 2. The molecule has 2 aromatic carbocycles. The van der Waals surface area contributed by atoms with E-state index >= 15 is 0 Å². The van der Waals surface area contributed by atoms with Crippen LogP contribution in [-0.4, -0.2) is 11.7 Å². The van der Waals surface area contributed by atoms with Crippen LogP contribution in [0.1, 0.15) is 21.5 Å². The number of carbonyl (C=O) groups is 2. The molecule has 3 nitrogen and oxygen atoms in total. The Kier molecular flexibility index (Phi) is 3.05. The van der Waals surface area contributed by atoms with Gasteiger partial charge >= 0.3 is 0 Å². The molecule has 0 radical (unpaired) electrons. The predicted octanol–water partition coefficient (Wildman–Crippen LogP) is 3.00. The molecule has 21 heavy (non-hydrogen) atoms. The molecule has 0 saturated heterocycles. The summed E-state index contributed by atoms with van der Waals surface area (Å²) in [6.07, 6.45) is 0. The van der Waals surface area contributed by atoms with Gasteiger partial charge in [-0.15, -0.1) is 0 Å². The van der Waals surface area contributed by atoms with Crippen LogP contribution in [-0.2, 0) is 11.3 Å². The molecule has 0 atom stereocenters. The van der Waals surface area contributed by atoms with Gasteiger partial charge in [0.1, 0.15) is 11.6 Å². The third kappa shape index (κ3) is 2.20. The highest BCUT2D eigenvalue weighted by atomic mass is 19.1. The highest BCUT2D eigenvalue weighted by Gasteiger charge is 2.38. The molecule has 2 aromatic rings.